The van der Waals surface area contributed by atoms with Crippen molar-refractivity contribution in [2.24, 2.45) is 0 Å². The van der Waals surface area contributed by atoms with E-state index in [0.717, 1.165) is 32.9 Å². The Labute approximate surface area is 152 Å². The van der Waals surface area contributed by atoms with Gasteiger partial charge in [0.15, 0.2) is 0 Å². The number of likely N-dealkylation sites (tertiary alicyclic amines) is 1. The third-order valence-corrected chi connectivity index (χ3v) is 6.65. The average molecular weight is 372 g/mol. The Hall–Kier alpha value is -2.25. The quantitative estimate of drug-likeness (QED) is 0.751. The van der Waals surface area contributed by atoms with E-state index in [1.54, 1.807) is 17.4 Å². The molecule has 1 aromatic carbocycles. The Kier molecular flexibility index (Phi) is 4.27. The minimum atomic E-state index is -0.920. The van der Waals surface area contributed by atoms with Gasteiger partial charge in [-0.3, -0.25) is 4.79 Å². The van der Waals surface area contributed by atoms with Crippen LogP contribution < -0.4 is 0 Å². The number of piperidine rings is 1. The summed E-state index contributed by atoms with van der Waals surface area (Å²) < 4.78 is 1.11. The molecule has 1 N–H and O–H groups in total. The fourth-order valence-corrected chi connectivity index (χ4v) is 5.10. The molecule has 1 amide bonds. The van der Waals surface area contributed by atoms with Gasteiger partial charge in [0.1, 0.15) is 11.0 Å². The smallest absolute Gasteiger partial charge is 0.326 e. The normalized spacial score (nSPS) is 17.8. The van der Waals surface area contributed by atoms with Crippen molar-refractivity contribution in [2.75, 3.05) is 6.54 Å². The van der Waals surface area contributed by atoms with Gasteiger partial charge in [-0.2, -0.15) is 0 Å². The number of benzene rings is 1. The lowest BCUT2D eigenvalue weighted by Gasteiger charge is -2.32. The second-order valence-electron chi connectivity index (χ2n) is 6.00. The number of thiazole rings is 1. The number of para-hydroxylation sites is 1. The van der Waals surface area contributed by atoms with Gasteiger partial charge in [0.05, 0.1) is 20.0 Å². The third-order valence-electron chi connectivity index (χ3n) is 4.37. The first-order valence-electron chi connectivity index (χ1n) is 8.13. The number of carboxylic acids is 1. The summed E-state index contributed by atoms with van der Waals surface area (Å²) in [5.74, 6) is -1.11. The molecule has 7 heteroatoms. The summed E-state index contributed by atoms with van der Waals surface area (Å²) >= 11 is 2.98. The lowest BCUT2D eigenvalue weighted by molar-refractivity contribution is -0.143. The lowest BCUT2D eigenvalue weighted by Crippen LogP contribution is -2.47. The Morgan fingerprint density at radius 3 is 2.76 bits per heavy atom. The SMILES string of the molecule is O=C(O)[C@H]1CCCCN1C(=O)c1ccc(-c2nc3ccccc3s2)s1. The Balaban J connectivity index is 1.61. The second kappa shape index (κ2) is 6.57. The highest BCUT2D eigenvalue weighted by Crippen LogP contribution is 2.35. The van der Waals surface area contributed by atoms with Gasteiger partial charge in [0, 0.05) is 6.54 Å². The largest absolute Gasteiger partial charge is 0.480 e. The molecule has 1 fully saturated rings. The molecule has 5 nitrogen and oxygen atoms in total. The van der Waals surface area contributed by atoms with Gasteiger partial charge >= 0.3 is 5.97 Å². The Morgan fingerprint density at radius 2 is 1.96 bits per heavy atom. The van der Waals surface area contributed by atoms with E-state index < -0.39 is 12.0 Å². The maximum atomic E-state index is 12.8. The number of aliphatic carboxylic acids is 1. The van der Waals surface area contributed by atoms with Crippen LogP contribution in [-0.2, 0) is 4.79 Å². The number of fused-ring (bicyclic) bond motifs is 1. The average Bonchev–Trinajstić information content (AvgIpc) is 3.27. The van der Waals surface area contributed by atoms with E-state index in [0.29, 0.717) is 17.8 Å². The van der Waals surface area contributed by atoms with Crippen molar-refractivity contribution in [3.63, 3.8) is 0 Å². The Bertz CT molecular complexity index is 914. The predicted octanol–water partition coefficient (Wildman–Crippen LogP) is 4.10. The van der Waals surface area contributed by atoms with Crippen LogP contribution in [0.4, 0.5) is 0 Å². The maximum absolute atomic E-state index is 12.8. The van der Waals surface area contributed by atoms with Gasteiger partial charge in [-0.25, -0.2) is 9.78 Å². The van der Waals surface area contributed by atoms with E-state index in [-0.39, 0.29) is 5.91 Å². The van der Waals surface area contributed by atoms with Crippen LogP contribution in [0.15, 0.2) is 36.4 Å². The minimum Gasteiger partial charge on any atom is -0.480 e. The summed E-state index contributed by atoms with van der Waals surface area (Å²) in [6.07, 6.45) is 2.23. The number of hydrogen-bond acceptors (Lipinski definition) is 5. The van der Waals surface area contributed by atoms with Gasteiger partial charge < -0.3 is 10.0 Å². The number of hydrogen-bond donors (Lipinski definition) is 1. The van der Waals surface area contributed by atoms with E-state index in [1.807, 2.05) is 30.3 Å². The number of nitrogens with zero attached hydrogens (tertiary/aromatic N) is 2. The minimum absolute atomic E-state index is 0.190. The molecule has 2 aromatic heterocycles. The summed E-state index contributed by atoms with van der Waals surface area (Å²) in [6, 6.07) is 10.9. The third kappa shape index (κ3) is 3.05. The topological polar surface area (TPSA) is 70.5 Å². The molecule has 0 spiro atoms. The maximum Gasteiger partial charge on any atom is 0.326 e. The number of carbonyl (C=O) groups excluding carboxylic acids is 1. The van der Waals surface area contributed by atoms with Gasteiger partial charge in [-0.15, -0.1) is 22.7 Å². The summed E-state index contributed by atoms with van der Waals surface area (Å²) in [6.45, 7) is 0.504. The van der Waals surface area contributed by atoms with Gasteiger partial charge in [-0.05, 0) is 43.5 Å². The molecule has 128 valence electrons. The molecular weight excluding hydrogens is 356 g/mol. The van der Waals surface area contributed by atoms with Gasteiger partial charge in [0.2, 0.25) is 0 Å². The van der Waals surface area contributed by atoms with Crippen molar-refractivity contribution in [2.45, 2.75) is 25.3 Å². The van der Waals surface area contributed by atoms with E-state index in [1.165, 1.54) is 16.2 Å². The molecule has 0 bridgehead atoms. The zero-order valence-corrected chi connectivity index (χ0v) is 15.0. The molecule has 25 heavy (non-hydrogen) atoms. The molecule has 0 unspecified atom stereocenters. The highest BCUT2D eigenvalue weighted by molar-refractivity contribution is 7.26. The van der Waals surface area contributed by atoms with Crippen LogP contribution >= 0.6 is 22.7 Å². The van der Waals surface area contributed by atoms with Crippen molar-refractivity contribution >= 4 is 44.8 Å². The summed E-state index contributed by atoms with van der Waals surface area (Å²) in [7, 11) is 0. The van der Waals surface area contributed by atoms with Crippen molar-refractivity contribution in [1.82, 2.24) is 9.88 Å². The van der Waals surface area contributed by atoms with Gasteiger partial charge in [0.25, 0.3) is 5.91 Å². The van der Waals surface area contributed by atoms with E-state index in [4.69, 9.17) is 0 Å². The first-order chi connectivity index (χ1) is 12.1. The number of amides is 1. The second-order valence-corrected chi connectivity index (χ2v) is 8.11. The van der Waals surface area contributed by atoms with Crippen LogP contribution in [0.3, 0.4) is 0 Å². The van der Waals surface area contributed by atoms with Crippen LogP contribution in [0.2, 0.25) is 0 Å². The fourth-order valence-electron chi connectivity index (χ4n) is 3.12. The number of aromatic nitrogens is 1. The van der Waals surface area contributed by atoms with Crippen LogP contribution in [0.25, 0.3) is 20.1 Å². The first-order valence-corrected chi connectivity index (χ1v) is 9.76. The van der Waals surface area contributed by atoms with E-state index in [2.05, 4.69) is 4.98 Å². The highest BCUT2D eigenvalue weighted by Gasteiger charge is 2.33. The standard InChI is InChI=1S/C18H16N2O3S2/c21-17(20-10-4-3-6-12(20)18(22)23)15-9-8-14(24-15)16-19-11-5-1-2-7-13(11)25-16/h1-2,5,7-9,12H,3-4,6,10H2,(H,22,23)/t12-/m1/s1. The summed E-state index contributed by atoms with van der Waals surface area (Å²) in [4.78, 5) is 31.8. The number of carboxylic acid groups (broad SMARTS) is 1. The molecule has 4 rings (SSSR count). The molecule has 1 atom stereocenters. The molecule has 0 radical (unpaired) electrons. The summed E-state index contributed by atoms with van der Waals surface area (Å²) in [5, 5.41) is 10.3. The van der Waals surface area contributed by atoms with Crippen LogP contribution in [0, 0.1) is 0 Å². The Morgan fingerprint density at radius 1 is 1.12 bits per heavy atom. The molecule has 3 heterocycles. The van der Waals surface area contributed by atoms with E-state index >= 15 is 0 Å². The van der Waals surface area contributed by atoms with Crippen molar-refractivity contribution in [1.29, 1.82) is 0 Å². The monoisotopic (exact) mass is 372 g/mol. The summed E-state index contributed by atoms with van der Waals surface area (Å²) in [5.41, 5.74) is 0.950. The van der Waals surface area contributed by atoms with Crippen LogP contribution in [0.5, 0.6) is 0 Å². The zero-order chi connectivity index (χ0) is 17.4. The van der Waals surface area contributed by atoms with Crippen LogP contribution in [-0.4, -0.2) is 39.5 Å². The predicted molar refractivity (Wildman–Crippen MR) is 99.2 cm³/mol. The molecule has 1 aliphatic rings. The van der Waals surface area contributed by atoms with Gasteiger partial charge in [-0.1, -0.05) is 12.1 Å². The van der Waals surface area contributed by atoms with Crippen molar-refractivity contribution in [3.05, 3.63) is 41.3 Å². The molecule has 1 aliphatic heterocycles. The molecule has 1 saturated heterocycles. The lowest BCUT2D eigenvalue weighted by atomic mass is 10.0. The number of thiophene rings is 1. The molecule has 0 saturated carbocycles. The van der Waals surface area contributed by atoms with Crippen molar-refractivity contribution < 1.29 is 14.7 Å². The number of carbonyl (C=O) groups is 2. The zero-order valence-electron chi connectivity index (χ0n) is 13.3. The highest BCUT2D eigenvalue weighted by atomic mass is 32.1. The number of rotatable bonds is 3. The van der Waals surface area contributed by atoms with E-state index in [9.17, 15) is 14.7 Å². The fraction of sp³-hybridized carbons (Fsp3) is 0.278. The first kappa shape index (κ1) is 16.2. The van der Waals surface area contributed by atoms with Crippen molar-refractivity contribution in [3.8, 4) is 9.88 Å². The molecule has 3 aromatic rings. The molecule has 0 aliphatic carbocycles. The van der Waals surface area contributed by atoms with Crippen LogP contribution in [0.1, 0.15) is 28.9 Å². The molecular formula is C18H16N2O3S2.